The second kappa shape index (κ2) is 14.9. The van der Waals surface area contributed by atoms with Crippen molar-refractivity contribution in [1.29, 1.82) is 0 Å². The molecule has 43 heavy (non-hydrogen) atoms. The van der Waals surface area contributed by atoms with Crippen molar-refractivity contribution in [3.63, 3.8) is 0 Å². The van der Waals surface area contributed by atoms with E-state index in [1.165, 1.54) is 6.20 Å². The van der Waals surface area contributed by atoms with E-state index in [0.717, 1.165) is 0 Å². The number of carbonyl (C=O) groups excluding carboxylic acids is 2. The largest absolute Gasteiger partial charge is 0.481 e. The van der Waals surface area contributed by atoms with Crippen LogP contribution in [-0.2, 0) is 29.9 Å². The van der Waals surface area contributed by atoms with E-state index in [9.17, 15) is 19.5 Å². The number of anilines is 1. The van der Waals surface area contributed by atoms with Crippen LogP contribution >= 0.6 is 0 Å². The van der Waals surface area contributed by atoms with Crippen LogP contribution < -0.4 is 5.32 Å². The Kier molecular flexibility index (Phi) is 12.1. The van der Waals surface area contributed by atoms with Gasteiger partial charge >= 0.3 is 18.0 Å². The van der Waals surface area contributed by atoms with Gasteiger partial charge in [0.15, 0.2) is 14.9 Å². The summed E-state index contributed by atoms with van der Waals surface area (Å²) in [5, 5.41) is 12.1. The summed E-state index contributed by atoms with van der Waals surface area (Å²) in [5.41, 5.74) is 1.73. The molecule has 2 aromatic rings. The first-order valence-corrected chi connectivity index (χ1v) is 16.9. The molecule has 0 aliphatic rings. The normalized spacial score (nSPS) is 12.1. The van der Waals surface area contributed by atoms with Crippen LogP contribution in [0.5, 0.6) is 0 Å². The van der Waals surface area contributed by atoms with E-state index in [0.29, 0.717) is 28.1 Å². The summed E-state index contributed by atoms with van der Waals surface area (Å²) in [6.07, 6.45) is 0.821. The molecule has 0 saturated heterocycles. The number of carboxylic acids is 1. The van der Waals surface area contributed by atoms with E-state index in [1.807, 2.05) is 0 Å². The van der Waals surface area contributed by atoms with Crippen molar-refractivity contribution in [3.05, 3.63) is 58.8 Å². The van der Waals surface area contributed by atoms with Crippen molar-refractivity contribution in [1.82, 2.24) is 4.98 Å². The quantitative estimate of drug-likeness (QED) is 0.209. The zero-order valence-electron chi connectivity index (χ0n) is 26.5. The molecular formula is C33H42N2O7Si. The Morgan fingerprint density at radius 2 is 1.58 bits per heavy atom. The Labute approximate surface area is 255 Å². The lowest BCUT2D eigenvalue weighted by molar-refractivity contribution is -0.141. The Hall–Kier alpha value is -4.12. The molecule has 0 fully saturated rings. The van der Waals surface area contributed by atoms with Gasteiger partial charge in [-0.1, -0.05) is 50.5 Å². The Morgan fingerprint density at radius 3 is 2.09 bits per heavy atom. The van der Waals surface area contributed by atoms with Crippen LogP contribution in [-0.4, -0.2) is 55.3 Å². The number of benzene rings is 1. The molecule has 10 heteroatoms. The predicted molar refractivity (Wildman–Crippen MR) is 168 cm³/mol. The second-order valence-corrected chi connectivity index (χ2v) is 17.4. The lowest BCUT2D eigenvalue weighted by Gasteiger charge is -2.35. The highest BCUT2D eigenvalue weighted by Gasteiger charge is 2.36. The maximum absolute atomic E-state index is 12.3. The Morgan fingerprint density at radius 1 is 0.977 bits per heavy atom. The van der Waals surface area contributed by atoms with Gasteiger partial charge in [-0.3, -0.25) is 14.9 Å². The molecule has 0 saturated carbocycles. The molecule has 2 rings (SSSR count). The summed E-state index contributed by atoms with van der Waals surface area (Å²) in [6.45, 7) is 17.8. The highest BCUT2D eigenvalue weighted by Crippen LogP contribution is 2.36. The number of aliphatic carboxylic acids is 1. The third-order valence-electron chi connectivity index (χ3n) is 6.71. The fraction of sp³-hybridized carbons (Fsp3) is 0.455. The number of hydrogen-bond donors (Lipinski definition) is 2. The second-order valence-electron chi connectivity index (χ2n) is 12.6. The van der Waals surface area contributed by atoms with Crippen LogP contribution in [0.3, 0.4) is 0 Å². The topological polar surface area (TPSA) is 124 Å². The maximum Gasteiger partial charge on any atom is 0.413 e. The van der Waals surface area contributed by atoms with Crippen molar-refractivity contribution in [2.24, 2.45) is 0 Å². The van der Waals surface area contributed by atoms with Crippen LogP contribution in [0.25, 0.3) is 0 Å². The molecule has 2 N–H and O–H groups in total. The van der Waals surface area contributed by atoms with Gasteiger partial charge in [0, 0.05) is 17.3 Å². The Balaban J connectivity index is 2.02. The SMILES string of the molecule is CC(C(=O)O)c1cc(C#CCOC(=O)Cc2ccc(NC(=O)OC(C)(C)C)nc2)cc(C#CCO[Si](C)(C)C(C)(C)C)c1. The molecule has 1 aromatic carbocycles. The Bertz CT molecular complexity index is 1430. The number of esters is 1. The summed E-state index contributed by atoms with van der Waals surface area (Å²) in [5.74, 6) is 9.96. The first-order valence-electron chi connectivity index (χ1n) is 14.0. The molecule has 0 aliphatic carbocycles. The maximum atomic E-state index is 12.3. The first kappa shape index (κ1) is 35.1. The molecule has 0 aliphatic heterocycles. The number of rotatable bonds is 8. The predicted octanol–water partition coefficient (Wildman–Crippen LogP) is 6.13. The van der Waals surface area contributed by atoms with Crippen LogP contribution in [0.15, 0.2) is 36.5 Å². The number of ether oxygens (including phenoxy) is 2. The smallest absolute Gasteiger partial charge is 0.413 e. The molecule has 230 valence electrons. The first-order chi connectivity index (χ1) is 19.9. The van der Waals surface area contributed by atoms with Crippen molar-refractivity contribution < 1.29 is 33.4 Å². The van der Waals surface area contributed by atoms with Gasteiger partial charge in [-0.25, -0.2) is 9.78 Å². The van der Waals surface area contributed by atoms with Crippen molar-refractivity contribution in [2.75, 3.05) is 18.5 Å². The zero-order valence-corrected chi connectivity index (χ0v) is 27.5. The number of hydrogen-bond acceptors (Lipinski definition) is 7. The van der Waals surface area contributed by atoms with Gasteiger partial charge in [0.1, 0.15) is 11.4 Å². The minimum absolute atomic E-state index is 0.0241. The van der Waals surface area contributed by atoms with E-state index in [2.05, 4.69) is 67.8 Å². The number of pyridine rings is 1. The van der Waals surface area contributed by atoms with Crippen LogP contribution in [0.2, 0.25) is 18.1 Å². The summed E-state index contributed by atoms with van der Waals surface area (Å²) >= 11 is 0. The fourth-order valence-electron chi connectivity index (χ4n) is 3.24. The van der Waals surface area contributed by atoms with E-state index >= 15 is 0 Å². The lowest BCUT2D eigenvalue weighted by Crippen LogP contribution is -2.40. The molecular weight excluding hydrogens is 564 g/mol. The molecule has 1 unspecified atom stereocenters. The number of amides is 1. The van der Waals surface area contributed by atoms with Gasteiger partial charge < -0.3 is 19.0 Å². The summed E-state index contributed by atoms with van der Waals surface area (Å²) in [4.78, 5) is 39.9. The van der Waals surface area contributed by atoms with Gasteiger partial charge in [-0.15, -0.1) is 0 Å². The van der Waals surface area contributed by atoms with Gasteiger partial charge in [-0.2, -0.15) is 0 Å². The number of carboxylic acid groups (broad SMARTS) is 1. The van der Waals surface area contributed by atoms with Gasteiger partial charge in [0.2, 0.25) is 0 Å². The van der Waals surface area contributed by atoms with Gasteiger partial charge in [0.25, 0.3) is 0 Å². The summed E-state index contributed by atoms with van der Waals surface area (Å²) in [7, 11) is -1.94. The number of carbonyl (C=O) groups is 3. The monoisotopic (exact) mass is 606 g/mol. The molecule has 0 radical (unpaired) electrons. The van der Waals surface area contributed by atoms with Crippen LogP contribution in [0, 0.1) is 23.7 Å². The molecule has 9 nitrogen and oxygen atoms in total. The third-order valence-corrected chi connectivity index (χ3v) is 11.2. The van der Waals surface area contributed by atoms with Crippen molar-refractivity contribution >= 4 is 32.2 Å². The average molecular weight is 607 g/mol. The average Bonchev–Trinajstić information content (AvgIpc) is 2.88. The van der Waals surface area contributed by atoms with Crippen LogP contribution in [0.4, 0.5) is 10.6 Å². The number of nitrogens with zero attached hydrogens (tertiary/aromatic N) is 1. The summed E-state index contributed by atoms with van der Waals surface area (Å²) in [6, 6.07) is 8.43. The molecule has 1 aromatic heterocycles. The molecule has 1 heterocycles. The minimum atomic E-state index is -1.94. The number of nitrogens with one attached hydrogen (secondary N) is 1. The lowest BCUT2D eigenvalue weighted by atomic mass is 9.96. The van der Waals surface area contributed by atoms with Crippen molar-refractivity contribution in [2.45, 2.75) is 84.5 Å². The molecule has 0 bridgehead atoms. The molecule has 0 spiro atoms. The van der Waals surface area contributed by atoms with Gasteiger partial charge in [0.05, 0.1) is 18.9 Å². The highest BCUT2D eigenvalue weighted by atomic mass is 28.4. The van der Waals surface area contributed by atoms with Crippen molar-refractivity contribution in [3.8, 4) is 23.7 Å². The summed E-state index contributed by atoms with van der Waals surface area (Å²) < 4.78 is 16.5. The van der Waals surface area contributed by atoms with E-state index in [-0.39, 0.29) is 24.7 Å². The highest BCUT2D eigenvalue weighted by molar-refractivity contribution is 6.74. The van der Waals surface area contributed by atoms with E-state index in [4.69, 9.17) is 13.9 Å². The number of aromatic nitrogens is 1. The van der Waals surface area contributed by atoms with Crippen LogP contribution in [0.1, 0.15) is 76.6 Å². The standard InChI is InChI=1S/C33H42N2O7Si/c1-23(30(37)38)27-19-24(18-25(20-27)13-11-17-41-43(8,9)33(5,6)7)12-10-16-40-29(36)21-26-14-15-28(34-22-26)35-31(39)42-32(2,3)4/h14-15,18-20,22-23H,16-17,21H2,1-9H3,(H,37,38)(H,34,35,39). The third kappa shape index (κ3) is 12.3. The van der Waals surface area contributed by atoms with Gasteiger partial charge in [-0.05, 0) is 81.2 Å². The van der Waals surface area contributed by atoms with E-state index < -0.39 is 37.9 Å². The fourth-order valence-corrected chi connectivity index (χ4v) is 4.11. The minimum Gasteiger partial charge on any atom is -0.481 e. The zero-order chi connectivity index (χ0) is 32.4. The van der Waals surface area contributed by atoms with E-state index in [1.54, 1.807) is 58.0 Å². The molecule has 1 atom stereocenters. The molecule has 1 amide bonds.